The van der Waals surface area contributed by atoms with Gasteiger partial charge in [0.2, 0.25) is 0 Å². The highest BCUT2D eigenvalue weighted by Crippen LogP contribution is 2.34. The van der Waals surface area contributed by atoms with E-state index in [1.54, 1.807) is 11.8 Å². The van der Waals surface area contributed by atoms with Gasteiger partial charge in [-0.25, -0.2) is 0 Å². The number of esters is 2. The number of benzene rings is 1. The van der Waals surface area contributed by atoms with Crippen LogP contribution >= 0.6 is 27.7 Å². The highest BCUT2D eigenvalue weighted by atomic mass is 79.9. The Morgan fingerprint density at radius 1 is 1.14 bits per heavy atom. The van der Waals surface area contributed by atoms with E-state index in [0.717, 1.165) is 30.6 Å². The number of hydrogen-bond acceptors (Lipinski definition) is 5. The van der Waals surface area contributed by atoms with Crippen molar-refractivity contribution in [2.75, 3.05) is 25.7 Å². The lowest BCUT2D eigenvalue weighted by Gasteiger charge is -2.24. The Kier molecular flexibility index (Phi) is 11.2. The standard InChI is InChI=1S/C22H33BrO4S/c1-16(12-20(24)26-4)17-8-6-9-18(13-17)19(23)10-7-11-22(2,3)15-28-14-21(25)27-5/h6,8-9,13,16,19H,7,10-12,14-15H2,1-5H3. The second-order valence-corrected chi connectivity index (χ2v) is 10.0. The third-order valence-corrected chi connectivity index (χ3v) is 7.21. The van der Waals surface area contributed by atoms with Crippen LogP contribution < -0.4 is 0 Å². The molecule has 1 aromatic carbocycles. The summed E-state index contributed by atoms with van der Waals surface area (Å²) in [6.07, 6.45) is 3.63. The van der Waals surface area contributed by atoms with Crippen molar-refractivity contribution in [3.8, 4) is 0 Å². The van der Waals surface area contributed by atoms with Crippen LogP contribution in [0.25, 0.3) is 0 Å². The first-order valence-electron chi connectivity index (χ1n) is 9.64. The van der Waals surface area contributed by atoms with E-state index in [4.69, 9.17) is 4.74 Å². The van der Waals surface area contributed by atoms with Crippen molar-refractivity contribution in [2.45, 2.75) is 57.2 Å². The van der Waals surface area contributed by atoms with Crippen LogP contribution in [0.1, 0.15) is 68.3 Å². The fourth-order valence-electron chi connectivity index (χ4n) is 2.98. The Morgan fingerprint density at radius 3 is 2.43 bits per heavy atom. The molecule has 1 aromatic rings. The molecule has 0 saturated heterocycles. The zero-order valence-electron chi connectivity index (χ0n) is 17.6. The summed E-state index contributed by atoms with van der Waals surface area (Å²) >= 11 is 5.46. The van der Waals surface area contributed by atoms with Gasteiger partial charge in [0.1, 0.15) is 0 Å². The Labute approximate surface area is 182 Å². The van der Waals surface area contributed by atoms with Crippen molar-refractivity contribution in [1.82, 2.24) is 0 Å². The van der Waals surface area contributed by atoms with E-state index in [1.165, 1.54) is 19.8 Å². The predicted molar refractivity (Wildman–Crippen MR) is 120 cm³/mol. The number of halogens is 1. The number of alkyl halides is 1. The number of rotatable bonds is 12. The van der Waals surface area contributed by atoms with Crippen LogP contribution in [-0.4, -0.2) is 37.7 Å². The molecule has 0 spiro atoms. The minimum Gasteiger partial charge on any atom is -0.469 e. The Bertz CT molecular complexity index is 633. The predicted octanol–water partition coefficient (Wildman–Crippen LogP) is 5.89. The molecule has 1 rings (SSSR count). The maximum absolute atomic E-state index is 11.5. The van der Waals surface area contributed by atoms with Gasteiger partial charge in [-0.15, -0.1) is 11.8 Å². The van der Waals surface area contributed by atoms with Gasteiger partial charge in [0.25, 0.3) is 0 Å². The maximum atomic E-state index is 11.5. The van der Waals surface area contributed by atoms with Crippen molar-refractivity contribution < 1.29 is 19.1 Å². The van der Waals surface area contributed by atoms with Crippen molar-refractivity contribution in [2.24, 2.45) is 5.41 Å². The molecule has 4 nitrogen and oxygen atoms in total. The van der Waals surface area contributed by atoms with Crippen LogP contribution in [0.5, 0.6) is 0 Å². The molecule has 0 N–H and O–H groups in total. The molecule has 28 heavy (non-hydrogen) atoms. The summed E-state index contributed by atoms with van der Waals surface area (Å²) < 4.78 is 9.47. The van der Waals surface area contributed by atoms with Crippen LogP contribution in [0.2, 0.25) is 0 Å². The lowest BCUT2D eigenvalue weighted by Crippen LogP contribution is -2.16. The summed E-state index contributed by atoms with van der Waals surface area (Å²) in [5, 5.41) is 0. The van der Waals surface area contributed by atoms with Gasteiger partial charge < -0.3 is 9.47 Å². The number of methoxy groups -OCH3 is 2. The molecule has 0 bridgehead atoms. The third-order valence-electron chi connectivity index (χ3n) is 4.79. The van der Waals surface area contributed by atoms with Gasteiger partial charge in [-0.05, 0) is 41.1 Å². The van der Waals surface area contributed by atoms with Crippen LogP contribution in [0.15, 0.2) is 24.3 Å². The van der Waals surface area contributed by atoms with Gasteiger partial charge in [0.05, 0.1) is 26.4 Å². The number of hydrogen-bond donors (Lipinski definition) is 0. The van der Waals surface area contributed by atoms with Crippen LogP contribution in [-0.2, 0) is 19.1 Å². The van der Waals surface area contributed by atoms with Gasteiger partial charge >= 0.3 is 11.9 Å². The van der Waals surface area contributed by atoms with Gasteiger partial charge in [0.15, 0.2) is 0 Å². The molecular formula is C22H33BrO4S. The first-order chi connectivity index (χ1) is 13.2. The first-order valence-corrected chi connectivity index (χ1v) is 11.7. The maximum Gasteiger partial charge on any atom is 0.315 e. The minimum atomic E-state index is -0.180. The average Bonchev–Trinajstić information content (AvgIpc) is 2.67. The summed E-state index contributed by atoms with van der Waals surface area (Å²) in [7, 11) is 2.85. The Balaban J connectivity index is 2.50. The van der Waals surface area contributed by atoms with Crippen LogP contribution in [0, 0.1) is 5.41 Å². The summed E-state index contributed by atoms with van der Waals surface area (Å²) in [4.78, 5) is 23.0. The molecule has 0 aliphatic carbocycles. The van der Waals surface area contributed by atoms with E-state index >= 15 is 0 Å². The fourth-order valence-corrected chi connectivity index (χ4v) is 4.67. The highest BCUT2D eigenvalue weighted by molar-refractivity contribution is 9.09. The van der Waals surface area contributed by atoms with Crippen molar-refractivity contribution >= 4 is 39.6 Å². The molecule has 6 heteroatoms. The molecule has 0 aliphatic heterocycles. The van der Waals surface area contributed by atoms with Crippen LogP contribution in [0.3, 0.4) is 0 Å². The number of carbonyl (C=O) groups is 2. The van der Waals surface area contributed by atoms with Gasteiger partial charge in [-0.3, -0.25) is 9.59 Å². The molecule has 158 valence electrons. The van der Waals surface area contributed by atoms with Gasteiger partial charge in [0, 0.05) is 4.83 Å². The first kappa shape index (κ1) is 25.0. The van der Waals surface area contributed by atoms with Crippen molar-refractivity contribution in [3.63, 3.8) is 0 Å². The zero-order valence-corrected chi connectivity index (χ0v) is 20.0. The monoisotopic (exact) mass is 472 g/mol. The van der Waals surface area contributed by atoms with E-state index in [2.05, 4.69) is 58.8 Å². The summed E-state index contributed by atoms with van der Waals surface area (Å²) in [5.41, 5.74) is 2.58. The second-order valence-electron chi connectivity index (χ2n) is 7.94. The Morgan fingerprint density at radius 2 is 1.79 bits per heavy atom. The van der Waals surface area contributed by atoms with Gasteiger partial charge in [-0.2, -0.15) is 0 Å². The smallest absolute Gasteiger partial charge is 0.315 e. The fraction of sp³-hybridized carbons (Fsp3) is 0.636. The van der Waals surface area contributed by atoms with E-state index in [-0.39, 0.29) is 28.1 Å². The molecule has 2 unspecified atom stereocenters. The lowest BCUT2D eigenvalue weighted by molar-refractivity contribution is -0.141. The number of thioether (sulfide) groups is 1. The zero-order chi connectivity index (χ0) is 21.2. The molecule has 0 heterocycles. The van der Waals surface area contributed by atoms with E-state index in [0.29, 0.717) is 12.2 Å². The summed E-state index contributed by atoms with van der Waals surface area (Å²) in [6.45, 7) is 6.54. The highest BCUT2D eigenvalue weighted by Gasteiger charge is 2.20. The number of carbonyl (C=O) groups excluding carboxylic acids is 2. The largest absolute Gasteiger partial charge is 0.469 e. The quantitative estimate of drug-likeness (QED) is 0.280. The summed E-state index contributed by atoms with van der Waals surface area (Å²) in [5.74, 6) is 1.15. The number of ether oxygens (including phenoxy) is 2. The molecule has 0 aromatic heterocycles. The molecule has 0 saturated carbocycles. The second kappa shape index (κ2) is 12.5. The van der Waals surface area contributed by atoms with E-state index < -0.39 is 0 Å². The molecule has 0 aliphatic rings. The van der Waals surface area contributed by atoms with Crippen molar-refractivity contribution in [3.05, 3.63) is 35.4 Å². The molecular weight excluding hydrogens is 440 g/mol. The normalized spacial score (nSPS) is 13.6. The molecule has 2 atom stereocenters. The lowest BCUT2D eigenvalue weighted by atomic mass is 9.88. The van der Waals surface area contributed by atoms with Gasteiger partial charge in [-0.1, -0.05) is 67.4 Å². The topological polar surface area (TPSA) is 52.6 Å². The van der Waals surface area contributed by atoms with Crippen LogP contribution in [0.4, 0.5) is 0 Å². The Hall–Kier alpha value is -1.01. The molecule has 0 radical (unpaired) electrons. The van der Waals surface area contributed by atoms with E-state index in [9.17, 15) is 9.59 Å². The molecule has 0 amide bonds. The summed E-state index contributed by atoms with van der Waals surface area (Å²) in [6, 6.07) is 8.44. The minimum absolute atomic E-state index is 0.137. The van der Waals surface area contributed by atoms with E-state index in [1.807, 2.05) is 6.92 Å². The third kappa shape index (κ3) is 9.46. The molecule has 0 fully saturated rings. The van der Waals surface area contributed by atoms with Crippen molar-refractivity contribution in [1.29, 1.82) is 0 Å². The average molecular weight is 473 g/mol. The SMILES string of the molecule is COC(=O)CSCC(C)(C)CCCC(Br)c1cccc(C(C)CC(=O)OC)c1.